The van der Waals surface area contributed by atoms with Gasteiger partial charge in [0.25, 0.3) is 0 Å². The number of carbonyl (C=O) groups is 2. The molecular weight excluding hydrogens is 583 g/mol. The van der Waals surface area contributed by atoms with Gasteiger partial charge in [0.05, 0.1) is 6.10 Å². The number of hydrogen-bond acceptors (Lipinski definition) is 12. The van der Waals surface area contributed by atoms with E-state index in [1.165, 1.54) is 11.3 Å². The third-order valence-electron chi connectivity index (χ3n) is 7.72. The molecule has 240 valence electrons. The fourth-order valence-electron chi connectivity index (χ4n) is 5.67. The van der Waals surface area contributed by atoms with E-state index in [4.69, 9.17) is 10.5 Å². The number of amides is 2. The molecule has 0 bridgehead atoms. The van der Waals surface area contributed by atoms with Crippen LogP contribution in [0.4, 0.5) is 5.82 Å². The lowest BCUT2D eigenvalue weighted by molar-refractivity contribution is -0.249. The van der Waals surface area contributed by atoms with Gasteiger partial charge in [-0.2, -0.15) is 10.0 Å². The fourth-order valence-corrected chi connectivity index (χ4v) is 5.94. The minimum atomic E-state index is -3.10. The Morgan fingerprint density at radius 2 is 1.93 bits per heavy atom. The Morgan fingerprint density at radius 1 is 1.26 bits per heavy atom. The molecule has 0 aliphatic carbocycles. The number of nitrogens with zero attached hydrogens (tertiary/aromatic N) is 3. The maximum absolute atomic E-state index is 12.7. The highest BCUT2D eigenvalue weighted by Gasteiger charge is 2.47. The summed E-state index contributed by atoms with van der Waals surface area (Å²) in [6.45, 7) is 7.96. The molecule has 6 N–H and O–H groups in total. The molecule has 15 nitrogen and oxygen atoms in total. The quantitative estimate of drug-likeness (QED) is 0.150. The molecule has 1 unspecified atom stereocenters. The molecule has 4 atom stereocenters. The SMILES string of the molecule is CC1(C)CC(C(=O)NCCCCC(=O)NCC=Cc2cn([C@H]3C[C@H](O)[C@@H](CO[P+](=O)[O-])O3)c(=O)nc2N)CC(C)(C)N1O. The minimum absolute atomic E-state index is 0.0253. The Morgan fingerprint density at radius 3 is 2.58 bits per heavy atom. The largest absolute Gasteiger partial charge is 0.566 e. The predicted octanol–water partition coefficient (Wildman–Crippen LogP) is 0.583. The molecule has 0 radical (unpaired) electrons. The third kappa shape index (κ3) is 9.60. The van der Waals surface area contributed by atoms with E-state index in [2.05, 4.69) is 20.1 Å². The van der Waals surface area contributed by atoms with E-state index in [1.54, 1.807) is 12.2 Å². The van der Waals surface area contributed by atoms with Gasteiger partial charge < -0.3 is 36.3 Å². The highest BCUT2D eigenvalue weighted by atomic mass is 31.1. The molecule has 16 heteroatoms. The van der Waals surface area contributed by atoms with Crippen LogP contribution in [0.3, 0.4) is 0 Å². The molecule has 43 heavy (non-hydrogen) atoms. The highest BCUT2D eigenvalue weighted by Crippen LogP contribution is 2.40. The second-order valence-corrected chi connectivity index (χ2v) is 12.9. The van der Waals surface area contributed by atoms with Crippen LogP contribution in [0, 0.1) is 5.92 Å². The number of hydroxylamine groups is 2. The number of unbranched alkanes of at least 4 members (excludes halogenated alkanes) is 1. The summed E-state index contributed by atoms with van der Waals surface area (Å²) in [5.41, 5.74) is 4.56. The predicted molar refractivity (Wildman–Crippen MR) is 154 cm³/mol. The Labute approximate surface area is 251 Å². The summed E-state index contributed by atoms with van der Waals surface area (Å²) in [6, 6.07) is 0. The molecule has 1 aromatic heterocycles. The van der Waals surface area contributed by atoms with Gasteiger partial charge in [-0.15, -0.1) is 4.52 Å². The van der Waals surface area contributed by atoms with Crippen LogP contribution >= 0.6 is 8.25 Å². The average molecular weight is 627 g/mol. The molecule has 2 aliphatic heterocycles. The Bertz CT molecular complexity index is 1240. The zero-order valence-corrected chi connectivity index (χ0v) is 25.9. The van der Waals surface area contributed by atoms with Crippen LogP contribution in [0.15, 0.2) is 17.1 Å². The van der Waals surface area contributed by atoms with Crippen molar-refractivity contribution in [2.24, 2.45) is 5.92 Å². The van der Waals surface area contributed by atoms with E-state index >= 15 is 0 Å². The number of nitrogens with two attached hydrogens (primary N) is 1. The standard InChI is InChI=1S/C27H43N6O9P/c1-26(2)13-18(14-27(3,4)33(26)38)24(36)30-10-6-5-9-21(35)29-11-7-8-17-15-32(25(37)31-23(17)28)22-12-19(34)20(42-22)16-41-43(39)40/h7-8,15,18-20,22,34,38H,5-6,9-14,16H2,1-4H3,(H,29,35)(H,30,36)(H2,28,31,37)/t19-,20+,22+/m0/s1. The van der Waals surface area contributed by atoms with Crippen molar-refractivity contribution in [1.29, 1.82) is 0 Å². The van der Waals surface area contributed by atoms with E-state index in [9.17, 15) is 34.2 Å². The first kappa shape index (κ1) is 34.7. The van der Waals surface area contributed by atoms with Crippen LogP contribution in [0.2, 0.25) is 0 Å². The van der Waals surface area contributed by atoms with Gasteiger partial charge in [0.15, 0.2) is 0 Å². The number of carbonyl (C=O) groups excluding carboxylic acids is 2. The number of aliphatic hydroxyl groups excluding tert-OH is 1. The summed E-state index contributed by atoms with van der Waals surface area (Å²) in [5.74, 6) is -0.418. The molecule has 2 saturated heterocycles. The number of anilines is 1. The van der Waals surface area contributed by atoms with Crippen molar-refractivity contribution in [3.8, 4) is 0 Å². The van der Waals surface area contributed by atoms with E-state index in [1.807, 2.05) is 27.7 Å². The molecule has 2 aliphatic rings. The van der Waals surface area contributed by atoms with Crippen molar-refractivity contribution < 1.29 is 38.6 Å². The molecule has 0 saturated carbocycles. The summed E-state index contributed by atoms with van der Waals surface area (Å²) in [4.78, 5) is 51.8. The van der Waals surface area contributed by atoms with Crippen molar-refractivity contribution in [1.82, 2.24) is 25.2 Å². The topological polar surface area (TPSA) is 221 Å². The summed E-state index contributed by atoms with van der Waals surface area (Å²) in [6.07, 6.45) is 4.44. The number of hydrogen-bond donors (Lipinski definition) is 5. The number of rotatable bonds is 13. The van der Waals surface area contributed by atoms with Gasteiger partial charge in [-0.25, -0.2) is 4.79 Å². The summed E-state index contributed by atoms with van der Waals surface area (Å²) in [7, 11) is -3.10. The molecule has 2 fully saturated rings. The minimum Gasteiger partial charge on any atom is -0.566 e. The molecule has 1 aromatic rings. The maximum Gasteiger partial charge on any atom is 0.488 e. The molecule has 2 amide bonds. The Kier molecular flexibility index (Phi) is 11.9. The van der Waals surface area contributed by atoms with Crippen LogP contribution in [-0.2, 0) is 23.4 Å². The second kappa shape index (κ2) is 14.8. The fraction of sp³-hybridized carbons (Fsp3) is 0.704. The normalized spacial score (nSPS) is 24.3. The van der Waals surface area contributed by atoms with E-state index in [0.717, 1.165) is 4.57 Å². The first-order valence-electron chi connectivity index (χ1n) is 14.3. The smallest absolute Gasteiger partial charge is 0.488 e. The van der Waals surface area contributed by atoms with Crippen molar-refractivity contribution in [3.63, 3.8) is 0 Å². The van der Waals surface area contributed by atoms with Gasteiger partial charge in [-0.05, 0) is 57.9 Å². The van der Waals surface area contributed by atoms with Gasteiger partial charge in [-0.3, -0.25) is 14.2 Å². The van der Waals surface area contributed by atoms with Crippen molar-refractivity contribution in [2.75, 3.05) is 25.4 Å². The zero-order valence-electron chi connectivity index (χ0n) is 25.0. The van der Waals surface area contributed by atoms with Crippen molar-refractivity contribution in [3.05, 3.63) is 28.3 Å². The highest BCUT2D eigenvalue weighted by molar-refractivity contribution is 7.30. The van der Waals surface area contributed by atoms with Crippen molar-refractivity contribution in [2.45, 2.75) is 95.7 Å². The first-order chi connectivity index (χ1) is 20.1. The van der Waals surface area contributed by atoms with Crippen LogP contribution in [-0.4, -0.2) is 79.7 Å². The van der Waals surface area contributed by atoms with Gasteiger partial charge in [0, 0.05) is 54.7 Å². The lowest BCUT2D eigenvalue weighted by Crippen LogP contribution is -2.60. The Balaban J connectivity index is 1.39. The number of ether oxygens (including phenoxy) is 1. The number of aromatic nitrogens is 2. The maximum atomic E-state index is 12.7. The number of nitrogens with one attached hydrogen (secondary N) is 2. The summed E-state index contributed by atoms with van der Waals surface area (Å²) in [5, 5.41) is 27.6. The molecule has 0 aromatic carbocycles. The summed E-state index contributed by atoms with van der Waals surface area (Å²) >= 11 is 0. The first-order valence-corrected chi connectivity index (χ1v) is 15.4. The van der Waals surface area contributed by atoms with Gasteiger partial charge in [-0.1, -0.05) is 12.2 Å². The molecule has 3 heterocycles. The monoisotopic (exact) mass is 626 g/mol. The van der Waals surface area contributed by atoms with Gasteiger partial charge >= 0.3 is 13.9 Å². The average Bonchev–Trinajstić information content (AvgIpc) is 3.28. The lowest BCUT2D eigenvalue weighted by atomic mass is 9.75. The number of piperidine rings is 1. The second-order valence-electron chi connectivity index (χ2n) is 12.2. The van der Waals surface area contributed by atoms with Crippen LogP contribution < -0.4 is 27.0 Å². The van der Waals surface area contributed by atoms with Crippen LogP contribution in [0.5, 0.6) is 0 Å². The summed E-state index contributed by atoms with van der Waals surface area (Å²) < 4.78 is 21.9. The molecule has 3 rings (SSSR count). The van der Waals surface area contributed by atoms with Crippen LogP contribution in [0.25, 0.3) is 6.08 Å². The Hall–Kier alpha value is -2.78. The van der Waals surface area contributed by atoms with E-state index in [-0.39, 0.29) is 49.5 Å². The van der Waals surface area contributed by atoms with Gasteiger partial charge in [0.2, 0.25) is 11.8 Å². The van der Waals surface area contributed by atoms with E-state index < -0.39 is 43.5 Å². The number of nitrogen functional groups attached to an aromatic ring is 1. The third-order valence-corrected chi connectivity index (χ3v) is 8.08. The molecular formula is C27H43N6O9P. The zero-order chi connectivity index (χ0) is 31.9. The van der Waals surface area contributed by atoms with Gasteiger partial charge in [0.1, 0.15) is 24.8 Å². The lowest BCUT2D eigenvalue weighted by Gasteiger charge is -2.51. The van der Waals surface area contributed by atoms with Crippen molar-refractivity contribution >= 4 is 32.0 Å². The van der Waals surface area contributed by atoms with E-state index in [0.29, 0.717) is 37.8 Å². The molecule has 0 spiro atoms. The van der Waals surface area contributed by atoms with Crippen LogP contribution in [0.1, 0.15) is 78.0 Å². The number of aliphatic hydroxyl groups is 1.